The van der Waals surface area contributed by atoms with E-state index in [-0.39, 0.29) is 10.8 Å². The van der Waals surface area contributed by atoms with E-state index >= 15 is 0 Å². The molecule has 0 aromatic heterocycles. The number of rotatable bonds is 4. The Balaban J connectivity index is 1.74. The maximum absolute atomic E-state index is 9.90. The van der Waals surface area contributed by atoms with Gasteiger partial charge in [-0.3, -0.25) is 0 Å². The van der Waals surface area contributed by atoms with Crippen molar-refractivity contribution in [1.29, 1.82) is 0 Å². The van der Waals surface area contributed by atoms with Crippen LogP contribution in [0.2, 0.25) is 0 Å². The molecule has 116 valence electrons. The van der Waals surface area contributed by atoms with Crippen molar-refractivity contribution in [3.05, 3.63) is 35.4 Å². The molecule has 0 amide bonds. The fraction of sp³-hybridized carbons (Fsp3) is 0.684. The van der Waals surface area contributed by atoms with Gasteiger partial charge in [0, 0.05) is 24.6 Å². The first kappa shape index (κ1) is 15.1. The Labute approximate surface area is 129 Å². The van der Waals surface area contributed by atoms with Crippen molar-refractivity contribution < 1.29 is 5.11 Å². The van der Waals surface area contributed by atoms with Crippen LogP contribution < -0.4 is 5.32 Å². The van der Waals surface area contributed by atoms with Gasteiger partial charge in [-0.15, -0.1) is 0 Å². The molecule has 1 fully saturated rings. The van der Waals surface area contributed by atoms with Gasteiger partial charge in [-0.05, 0) is 35.8 Å². The Morgan fingerprint density at radius 3 is 2.57 bits per heavy atom. The molecule has 0 saturated heterocycles. The number of aliphatic hydroxyl groups is 1. The van der Waals surface area contributed by atoms with Crippen molar-refractivity contribution in [1.82, 2.24) is 5.32 Å². The third kappa shape index (κ3) is 2.89. The molecular weight excluding hydrogens is 258 g/mol. The molecule has 0 spiro atoms. The minimum absolute atomic E-state index is 0.117. The Hall–Kier alpha value is -0.860. The summed E-state index contributed by atoms with van der Waals surface area (Å²) in [6, 6.07) is 9.25. The molecular formula is C19H29NO. The van der Waals surface area contributed by atoms with Crippen LogP contribution in [0.15, 0.2) is 24.3 Å². The highest BCUT2D eigenvalue weighted by atomic mass is 16.3. The molecule has 1 aromatic rings. The highest BCUT2D eigenvalue weighted by Gasteiger charge is 2.40. The van der Waals surface area contributed by atoms with Gasteiger partial charge in [0.05, 0.1) is 0 Å². The minimum Gasteiger partial charge on any atom is -0.396 e. The van der Waals surface area contributed by atoms with E-state index in [1.165, 1.54) is 43.2 Å². The van der Waals surface area contributed by atoms with E-state index in [0.717, 1.165) is 13.0 Å². The molecule has 2 heteroatoms. The lowest BCUT2D eigenvalue weighted by atomic mass is 9.74. The Morgan fingerprint density at radius 2 is 1.86 bits per heavy atom. The van der Waals surface area contributed by atoms with Gasteiger partial charge in [-0.1, -0.05) is 57.4 Å². The van der Waals surface area contributed by atoms with Gasteiger partial charge >= 0.3 is 0 Å². The van der Waals surface area contributed by atoms with E-state index in [4.69, 9.17) is 0 Å². The highest BCUT2D eigenvalue weighted by molar-refractivity contribution is 5.37. The molecule has 1 atom stereocenters. The largest absolute Gasteiger partial charge is 0.396 e. The molecule has 2 nitrogen and oxygen atoms in total. The predicted octanol–water partition coefficient (Wildman–Crippen LogP) is 3.84. The second kappa shape index (κ2) is 5.73. The first-order valence-corrected chi connectivity index (χ1v) is 8.48. The molecule has 2 N–H and O–H groups in total. The van der Waals surface area contributed by atoms with Crippen LogP contribution >= 0.6 is 0 Å². The lowest BCUT2D eigenvalue weighted by Crippen LogP contribution is -2.42. The topological polar surface area (TPSA) is 32.3 Å². The summed E-state index contributed by atoms with van der Waals surface area (Å²) in [5, 5.41) is 13.7. The van der Waals surface area contributed by atoms with Crippen LogP contribution in [0.5, 0.6) is 0 Å². The fourth-order valence-corrected chi connectivity index (χ4v) is 4.39. The lowest BCUT2D eigenvalue weighted by Gasteiger charge is -2.39. The maximum atomic E-state index is 9.90. The molecule has 21 heavy (non-hydrogen) atoms. The number of benzene rings is 1. The number of hydrogen-bond acceptors (Lipinski definition) is 2. The summed E-state index contributed by atoms with van der Waals surface area (Å²) in [5.74, 6) is 0. The van der Waals surface area contributed by atoms with Crippen molar-refractivity contribution in [2.45, 2.75) is 58.4 Å². The van der Waals surface area contributed by atoms with Crippen LogP contribution in [0.3, 0.4) is 0 Å². The smallest absolute Gasteiger partial charge is 0.0499 e. The van der Waals surface area contributed by atoms with Crippen LogP contribution in [0, 0.1) is 10.8 Å². The number of nitrogens with one attached hydrogen (secondary N) is 1. The van der Waals surface area contributed by atoms with Crippen LogP contribution in [-0.2, 0) is 6.42 Å². The van der Waals surface area contributed by atoms with Crippen molar-refractivity contribution >= 4 is 0 Å². The molecule has 2 aliphatic rings. The average Bonchev–Trinajstić information content (AvgIpc) is 2.75. The molecule has 0 bridgehead atoms. The van der Waals surface area contributed by atoms with Gasteiger partial charge in [0.15, 0.2) is 0 Å². The molecule has 2 aliphatic carbocycles. The van der Waals surface area contributed by atoms with Crippen LogP contribution in [0.25, 0.3) is 0 Å². The number of aliphatic hydroxyl groups excluding tert-OH is 1. The number of fused-ring (bicyclic) bond motifs is 1. The molecule has 1 aromatic carbocycles. The molecule has 0 radical (unpaired) electrons. The lowest BCUT2D eigenvalue weighted by molar-refractivity contribution is 0.0725. The third-order valence-corrected chi connectivity index (χ3v) is 5.72. The zero-order valence-electron chi connectivity index (χ0n) is 13.5. The summed E-state index contributed by atoms with van der Waals surface area (Å²) >= 11 is 0. The zero-order valence-corrected chi connectivity index (χ0v) is 13.5. The van der Waals surface area contributed by atoms with E-state index in [9.17, 15) is 5.11 Å². The summed E-state index contributed by atoms with van der Waals surface area (Å²) in [5.41, 5.74) is 3.33. The maximum Gasteiger partial charge on any atom is 0.0499 e. The first-order valence-electron chi connectivity index (χ1n) is 8.48. The van der Waals surface area contributed by atoms with E-state index < -0.39 is 0 Å². The molecule has 0 aliphatic heterocycles. The van der Waals surface area contributed by atoms with Crippen molar-refractivity contribution in [3.63, 3.8) is 0 Å². The minimum atomic E-state index is 0.117. The van der Waals surface area contributed by atoms with Crippen molar-refractivity contribution in [2.24, 2.45) is 10.8 Å². The van der Waals surface area contributed by atoms with Gasteiger partial charge < -0.3 is 10.4 Å². The summed E-state index contributed by atoms with van der Waals surface area (Å²) in [7, 11) is 0. The SMILES string of the molecule is CC1(C)Cc2ccccc2C1NCC1(CO)CCCCC1. The van der Waals surface area contributed by atoms with Gasteiger partial charge in [0.1, 0.15) is 0 Å². The Morgan fingerprint density at radius 1 is 1.14 bits per heavy atom. The molecule has 1 saturated carbocycles. The van der Waals surface area contributed by atoms with Crippen LogP contribution in [0.1, 0.15) is 63.1 Å². The fourth-order valence-electron chi connectivity index (χ4n) is 4.39. The summed E-state index contributed by atoms with van der Waals surface area (Å²) in [6.07, 6.45) is 7.36. The normalized spacial score (nSPS) is 26.5. The molecule has 1 unspecified atom stereocenters. The first-order chi connectivity index (χ1) is 10.1. The number of hydrogen-bond donors (Lipinski definition) is 2. The van der Waals surface area contributed by atoms with Gasteiger partial charge in [-0.25, -0.2) is 0 Å². The summed E-state index contributed by atoms with van der Waals surface area (Å²) in [4.78, 5) is 0. The monoisotopic (exact) mass is 287 g/mol. The second-order valence-corrected chi connectivity index (χ2v) is 7.90. The average molecular weight is 287 g/mol. The van der Waals surface area contributed by atoms with Crippen molar-refractivity contribution in [3.8, 4) is 0 Å². The Kier molecular flexibility index (Phi) is 4.11. The highest BCUT2D eigenvalue weighted by Crippen LogP contribution is 2.46. The Bertz CT molecular complexity index is 488. The summed E-state index contributed by atoms with van der Waals surface area (Å²) in [6.45, 7) is 6.00. The van der Waals surface area contributed by atoms with E-state index in [0.29, 0.717) is 12.6 Å². The summed E-state index contributed by atoms with van der Waals surface area (Å²) < 4.78 is 0. The standard InChI is InChI=1S/C19H29NO/c1-18(2)12-15-8-4-5-9-16(15)17(18)20-13-19(14-21)10-6-3-7-11-19/h4-5,8-9,17,20-21H,3,6-7,10-14H2,1-2H3. The van der Waals surface area contributed by atoms with Crippen LogP contribution in [-0.4, -0.2) is 18.3 Å². The quantitative estimate of drug-likeness (QED) is 0.882. The van der Waals surface area contributed by atoms with Crippen molar-refractivity contribution in [2.75, 3.05) is 13.2 Å². The van der Waals surface area contributed by atoms with Gasteiger partial charge in [0.2, 0.25) is 0 Å². The van der Waals surface area contributed by atoms with Gasteiger partial charge in [0.25, 0.3) is 0 Å². The van der Waals surface area contributed by atoms with E-state index in [1.807, 2.05) is 0 Å². The van der Waals surface area contributed by atoms with E-state index in [2.05, 4.69) is 43.4 Å². The third-order valence-electron chi connectivity index (χ3n) is 5.72. The second-order valence-electron chi connectivity index (χ2n) is 7.90. The predicted molar refractivity (Wildman–Crippen MR) is 87.3 cm³/mol. The van der Waals surface area contributed by atoms with E-state index in [1.54, 1.807) is 0 Å². The van der Waals surface area contributed by atoms with Crippen LogP contribution in [0.4, 0.5) is 0 Å². The zero-order chi connectivity index (χ0) is 14.9. The molecule has 3 rings (SSSR count). The molecule has 0 heterocycles. The van der Waals surface area contributed by atoms with Gasteiger partial charge in [-0.2, -0.15) is 0 Å².